The lowest BCUT2D eigenvalue weighted by Gasteiger charge is -2.37. The maximum absolute atomic E-state index is 13.2. The van der Waals surface area contributed by atoms with Crippen LogP contribution < -0.4 is 5.32 Å². The zero-order valence-electron chi connectivity index (χ0n) is 17.8. The van der Waals surface area contributed by atoms with Gasteiger partial charge in [-0.25, -0.2) is 9.79 Å². The fourth-order valence-electron chi connectivity index (χ4n) is 4.51. The zero-order chi connectivity index (χ0) is 22.2. The summed E-state index contributed by atoms with van der Waals surface area (Å²) >= 11 is 7.71. The van der Waals surface area contributed by atoms with Crippen LogP contribution in [-0.2, 0) is 9.59 Å². The molecule has 1 aromatic rings. The molecule has 9 heteroatoms. The summed E-state index contributed by atoms with van der Waals surface area (Å²) < 4.78 is 0. The van der Waals surface area contributed by atoms with Crippen LogP contribution >= 0.6 is 23.4 Å². The molecule has 2 heterocycles. The topological polar surface area (TPSA) is 82.1 Å². The molecule has 0 aromatic heterocycles. The Kier molecular flexibility index (Phi) is 6.30. The first-order valence-corrected chi connectivity index (χ1v) is 12.1. The number of rotatable bonds is 3. The van der Waals surface area contributed by atoms with Gasteiger partial charge < -0.3 is 5.32 Å². The number of hydrogen-bond acceptors (Lipinski definition) is 5. The molecule has 0 radical (unpaired) electrons. The highest BCUT2D eigenvalue weighted by atomic mass is 35.5. The molecule has 0 bridgehead atoms. The summed E-state index contributed by atoms with van der Waals surface area (Å²) in [5.74, 6) is 0.345. The Morgan fingerprint density at radius 2 is 2.13 bits per heavy atom. The van der Waals surface area contributed by atoms with Crippen LogP contribution in [0, 0.1) is 12.8 Å². The van der Waals surface area contributed by atoms with Gasteiger partial charge in [0.05, 0.1) is 5.69 Å². The molecule has 1 aliphatic carbocycles. The number of amides is 4. The van der Waals surface area contributed by atoms with Crippen molar-refractivity contribution >= 4 is 52.1 Å². The van der Waals surface area contributed by atoms with Gasteiger partial charge in [-0.1, -0.05) is 49.2 Å². The van der Waals surface area contributed by atoms with Crippen molar-refractivity contribution in [1.29, 1.82) is 0 Å². The number of benzene rings is 1. The predicted molar refractivity (Wildman–Crippen MR) is 123 cm³/mol. The van der Waals surface area contributed by atoms with Crippen molar-refractivity contribution in [3.05, 3.63) is 28.8 Å². The third kappa shape index (κ3) is 4.20. The number of aliphatic imine (C=N–C) groups is 1. The van der Waals surface area contributed by atoms with Gasteiger partial charge in [-0.15, -0.1) is 0 Å². The fraction of sp³-hybridized carbons (Fsp3) is 0.545. The van der Waals surface area contributed by atoms with Crippen LogP contribution in [0.5, 0.6) is 0 Å². The second-order valence-corrected chi connectivity index (χ2v) is 9.98. The van der Waals surface area contributed by atoms with Crippen LogP contribution in [0.25, 0.3) is 0 Å². The van der Waals surface area contributed by atoms with E-state index in [1.165, 1.54) is 11.8 Å². The SMILES string of the molecule is Cc1ccc(N=C2SCCCN2C(=O)CN2C(=O)NC3(CCCCC3C)C2=O)cc1Cl. The minimum absolute atomic E-state index is 0.0618. The number of carbonyl (C=O) groups is 3. The molecule has 7 nitrogen and oxygen atoms in total. The molecule has 3 aliphatic rings. The predicted octanol–water partition coefficient (Wildman–Crippen LogP) is 4.10. The van der Waals surface area contributed by atoms with Gasteiger partial charge in [-0.3, -0.25) is 19.4 Å². The first-order chi connectivity index (χ1) is 14.8. The Balaban J connectivity index is 1.52. The molecule has 3 fully saturated rings. The van der Waals surface area contributed by atoms with Crippen molar-refractivity contribution in [1.82, 2.24) is 15.1 Å². The van der Waals surface area contributed by atoms with E-state index in [-0.39, 0.29) is 24.3 Å². The quantitative estimate of drug-likeness (QED) is 0.685. The van der Waals surface area contributed by atoms with E-state index in [2.05, 4.69) is 10.3 Å². The van der Waals surface area contributed by atoms with Crippen LogP contribution in [0.15, 0.2) is 23.2 Å². The number of hydrogen-bond donors (Lipinski definition) is 1. The van der Waals surface area contributed by atoms with Crippen molar-refractivity contribution in [3.63, 3.8) is 0 Å². The van der Waals surface area contributed by atoms with Crippen LogP contribution in [0.2, 0.25) is 5.02 Å². The molecule has 4 amide bonds. The van der Waals surface area contributed by atoms with Gasteiger partial charge in [0.2, 0.25) is 5.91 Å². The Labute approximate surface area is 191 Å². The van der Waals surface area contributed by atoms with Crippen molar-refractivity contribution in [2.45, 2.75) is 51.5 Å². The molecule has 1 aromatic carbocycles. The van der Waals surface area contributed by atoms with Crippen LogP contribution in [0.3, 0.4) is 0 Å². The summed E-state index contributed by atoms with van der Waals surface area (Å²) in [6.45, 7) is 4.16. The summed E-state index contributed by atoms with van der Waals surface area (Å²) in [4.78, 5) is 46.3. The van der Waals surface area contributed by atoms with Gasteiger partial charge >= 0.3 is 6.03 Å². The van der Waals surface area contributed by atoms with Crippen molar-refractivity contribution in [3.8, 4) is 0 Å². The standard InChI is InChI=1S/C22H27ClN4O3S/c1-14-7-8-16(12-17(14)23)24-21-26(10-5-11-31-21)18(28)13-27-19(29)22(25-20(27)30)9-4-3-6-15(22)2/h7-8,12,15H,3-6,9-11,13H2,1-2H3,(H,25,30). The van der Waals surface area contributed by atoms with E-state index in [1.54, 1.807) is 11.0 Å². The lowest BCUT2D eigenvalue weighted by atomic mass is 9.73. The number of carbonyl (C=O) groups excluding carboxylic acids is 3. The monoisotopic (exact) mass is 462 g/mol. The molecule has 1 N–H and O–H groups in total. The third-order valence-electron chi connectivity index (χ3n) is 6.46. The first kappa shape index (κ1) is 22.1. The highest BCUT2D eigenvalue weighted by Crippen LogP contribution is 2.38. The van der Waals surface area contributed by atoms with Crippen LogP contribution in [-0.4, -0.2) is 57.2 Å². The second-order valence-electron chi connectivity index (χ2n) is 8.51. The molecular formula is C22H27ClN4O3S. The molecule has 2 saturated heterocycles. The van der Waals surface area contributed by atoms with E-state index < -0.39 is 11.6 Å². The summed E-state index contributed by atoms with van der Waals surface area (Å²) in [6.07, 6.45) is 4.30. The van der Waals surface area contributed by atoms with Crippen LogP contribution in [0.1, 0.15) is 44.6 Å². The maximum atomic E-state index is 13.2. The van der Waals surface area contributed by atoms with Gasteiger partial charge in [0.1, 0.15) is 12.1 Å². The van der Waals surface area contributed by atoms with E-state index in [4.69, 9.17) is 11.6 Å². The normalized spacial score (nSPS) is 27.8. The zero-order valence-corrected chi connectivity index (χ0v) is 19.4. The van der Waals surface area contributed by atoms with E-state index >= 15 is 0 Å². The van der Waals surface area contributed by atoms with Gasteiger partial charge in [0.15, 0.2) is 5.17 Å². The highest BCUT2D eigenvalue weighted by molar-refractivity contribution is 8.13. The van der Waals surface area contributed by atoms with E-state index in [1.807, 2.05) is 26.0 Å². The van der Waals surface area contributed by atoms with Crippen molar-refractivity contribution in [2.24, 2.45) is 10.9 Å². The van der Waals surface area contributed by atoms with Crippen molar-refractivity contribution < 1.29 is 14.4 Å². The lowest BCUT2D eigenvalue weighted by molar-refractivity contribution is -0.139. The fourth-order valence-corrected chi connectivity index (χ4v) is 5.65. The highest BCUT2D eigenvalue weighted by Gasteiger charge is 2.55. The number of nitrogens with zero attached hydrogens (tertiary/aromatic N) is 3. The lowest BCUT2D eigenvalue weighted by Crippen LogP contribution is -2.54. The Morgan fingerprint density at radius 3 is 2.87 bits per heavy atom. The summed E-state index contributed by atoms with van der Waals surface area (Å²) in [5, 5.41) is 4.10. The van der Waals surface area contributed by atoms with Crippen molar-refractivity contribution in [2.75, 3.05) is 18.8 Å². The average Bonchev–Trinajstić information content (AvgIpc) is 2.98. The Bertz CT molecular complexity index is 953. The Morgan fingerprint density at radius 1 is 1.32 bits per heavy atom. The summed E-state index contributed by atoms with van der Waals surface area (Å²) in [7, 11) is 0. The number of thioether (sulfide) groups is 1. The summed E-state index contributed by atoms with van der Waals surface area (Å²) in [5.41, 5.74) is 0.768. The number of nitrogens with one attached hydrogen (secondary N) is 1. The minimum atomic E-state index is -0.859. The smallest absolute Gasteiger partial charge is 0.323 e. The maximum Gasteiger partial charge on any atom is 0.325 e. The number of imide groups is 1. The molecule has 2 atom stereocenters. The molecule has 2 aliphatic heterocycles. The third-order valence-corrected chi connectivity index (χ3v) is 7.93. The molecular weight excluding hydrogens is 436 g/mol. The second kappa shape index (κ2) is 8.82. The molecule has 1 spiro atoms. The van der Waals surface area contributed by atoms with Gasteiger partial charge in [-0.2, -0.15) is 0 Å². The van der Waals surface area contributed by atoms with Gasteiger partial charge in [-0.05, 0) is 49.8 Å². The number of amidine groups is 1. The largest absolute Gasteiger partial charge is 0.325 e. The summed E-state index contributed by atoms with van der Waals surface area (Å²) in [6, 6.07) is 5.05. The number of aryl methyl sites for hydroxylation is 1. The average molecular weight is 463 g/mol. The molecule has 4 rings (SSSR count). The molecule has 166 valence electrons. The minimum Gasteiger partial charge on any atom is -0.323 e. The molecule has 31 heavy (non-hydrogen) atoms. The van der Waals surface area contributed by atoms with Gasteiger partial charge in [0, 0.05) is 17.3 Å². The Hall–Kier alpha value is -2.06. The van der Waals surface area contributed by atoms with E-state index in [0.717, 1.165) is 41.9 Å². The first-order valence-electron chi connectivity index (χ1n) is 10.7. The number of urea groups is 1. The molecule has 1 saturated carbocycles. The number of halogens is 1. The van der Waals surface area contributed by atoms with Gasteiger partial charge in [0.25, 0.3) is 5.91 Å². The van der Waals surface area contributed by atoms with Crippen LogP contribution in [0.4, 0.5) is 10.5 Å². The van der Waals surface area contributed by atoms with E-state index in [9.17, 15) is 14.4 Å². The van der Waals surface area contributed by atoms with E-state index in [0.29, 0.717) is 28.8 Å². The molecule has 2 unspecified atom stereocenters.